The Kier molecular flexibility index (Phi) is 4.52. The normalized spacial score (nSPS) is 10.2. The zero-order valence-electron chi connectivity index (χ0n) is 10.6. The Labute approximate surface area is 130 Å². The fourth-order valence-corrected chi connectivity index (χ4v) is 2.28. The lowest BCUT2D eigenvalue weighted by Crippen LogP contribution is -2.13. The molecule has 0 aromatic heterocycles. The molecule has 0 bridgehead atoms. The molecule has 0 aliphatic heterocycles. The summed E-state index contributed by atoms with van der Waals surface area (Å²) in [6.07, 6.45) is 0. The minimum Gasteiger partial charge on any atom is -0.495 e. The summed E-state index contributed by atoms with van der Waals surface area (Å²) in [7, 11) is 1.52. The number of carbonyl (C=O) groups excluding carboxylic acids is 1. The van der Waals surface area contributed by atoms with Crippen molar-refractivity contribution < 1.29 is 9.53 Å². The van der Waals surface area contributed by atoms with Gasteiger partial charge in [-0.25, -0.2) is 0 Å². The van der Waals surface area contributed by atoms with Gasteiger partial charge in [-0.1, -0.05) is 11.6 Å². The maximum Gasteiger partial charge on any atom is 0.256 e. The molecule has 0 radical (unpaired) electrons. The van der Waals surface area contributed by atoms with Crippen molar-refractivity contribution in [2.75, 3.05) is 18.2 Å². The first-order valence-corrected chi connectivity index (χ1v) is 6.88. The van der Waals surface area contributed by atoms with Gasteiger partial charge in [-0.15, -0.1) is 0 Å². The molecular formula is C14H12BrClN2O2. The molecule has 0 heterocycles. The van der Waals surface area contributed by atoms with Gasteiger partial charge >= 0.3 is 0 Å². The molecule has 1 amide bonds. The monoisotopic (exact) mass is 354 g/mol. The third-order valence-corrected chi connectivity index (χ3v) is 3.57. The highest BCUT2D eigenvalue weighted by atomic mass is 79.9. The maximum atomic E-state index is 12.3. The van der Waals surface area contributed by atoms with Gasteiger partial charge in [0.2, 0.25) is 0 Å². The third-order valence-electron chi connectivity index (χ3n) is 2.64. The number of carbonyl (C=O) groups is 1. The molecule has 0 spiro atoms. The zero-order chi connectivity index (χ0) is 14.7. The quantitative estimate of drug-likeness (QED) is 0.820. The summed E-state index contributed by atoms with van der Waals surface area (Å²) >= 11 is 9.24. The van der Waals surface area contributed by atoms with Crippen LogP contribution in [-0.2, 0) is 0 Å². The Morgan fingerprint density at radius 3 is 2.75 bits per heavy atom. The largest absolute Gasteiger partial charge is 0.495 e. The van der Waals surface area contributed by atoms with Crippen LogP contribution >= 0.6 is 27.5 Å². The molecule has 0 atom stereocenters. The van der Waals surface area contributed by atoms with E-state index < -0.39 is 0 Å². The number of ether oxygens (including phenoxy) is 1. The number of rotatable bonds is 3. The van der Waals surface area contributed by atoms with Crippen molar-refractivity contribution in [3.63, 3.8) is 0 Å². The van der Waals surface area contributed by atoms with E-state index in [2.05, 4.69) is 21.2 Å². The summed E-state index contributed by atoms with van der Waals surface area (Å²) in [5.74, 6) is 0.229. The summed E-state index contributed by atoms with van der Waals surface area (Å²) in [6, 6.07) is 10.0. The second-order valence-corrected chi connectivity index (χ2v) is 5.33. The number of nitrogen functional groups attached to an aromatic ring is 1. The zero-order valence-corrected chi connectivity index (χ0v) is 13.0. The molecule has 0 aliphatic carbocycles. The van der Waals surface area contributed by atoms with E-state index in [-0.39, 0.29) is 5.91 Å². The number of halogens is 2. The molecule has 0 fully saturated rings. The van der Waals surface area contributed by atoms with Crippen molar-refractivity contribution in [3.05, 3.63) is 51.5 Å². The lowest BCUT2D eigenvalue weighted by atomic mass is 10.2. The number of methoxy groups -OCH3 is 1. The lowest BCUT2D eigenvalue weighted by molar-refractivity contribution is 0.102. The summed E-state index contributed by atoms with van der Waals surface area (Å²) in [4.78, 5) is 12.3. The summed E-state index contributed by atoms with van der Waals surface area (Å²) in [5, 5.41) is 3.26. The van der Waals surface area contributed by atoms with Crippen LogP contribution in [0.25, 0.3) is 0 Å². The Hall–Kier alpha value is -1.72. The molecule has 104 valence electrons. The van der Waals surface area contributed by atoms with Crippen LogP contribution in [0.15, 0.2) is 40.9 Å². The van der Waals surface area contributed by atoms with Gasteiger partial charge in [0.15, 0.2) is 0 Å². The van der Waals surface area contributed by atoms with E-state index in [1.54, 1.807) is 36.4 Å². The third kappa shape index (κ3) is 3.23. The fourth-order valence-electron chi connectivity index (χ4n) is 1.68. The van der Waals surface area contributed by atoms with Gasteiger partial charge in [0, 0.05) is 15.2 Å². The van der Waals surface area contributed by atoms with Crippen molar-refractivity contribution in [2.24, 2.45) is 0 Å². The number of benzene rings is 2. The van der Waals surface area contributed by atoms with Crippen molar-refractivity contribution >= 4 is 44.8 Å². The number of amides is 1. The summed E-state index contributed by atoms with van der Waals surface area (Å²) in [5.41, 5.74) is 7.14. The van der Waals surface area contributed by atoms with Crippen molar-refractivity contribution in [1.29, 1.82) is 0 Å². The summed E-state index contributed by atoms with van der Waals surface area (Å²) in [6.45, 7) is 0. The number of hydrogen-bond acceptors (Lipinski definition) is 3. The molecule has 2 aromatic carbocycles. The molecule has 0 saturated heterocycles. The van der Waals surface area contributed by atoms with E-state index in [9.17, 15) is 4.79 Å². The highest BCUT2D eigenvalue weighted by Gasteiger charge is 2.13. The van der Waals surface area contributed by atoms with E-state index in [1.807, 2.05) is 0 Å². The van der Waals surface area contributed by atoms with E-state index in [4.69, 9.17) is 22.1 Å². The molecule has 0 aliphatic rings. The first-order chi connectivity index (χ1) is 9.51. The van der Waals surface area contributed by atoms with Crippen molar-refractivity contribution in [2.45, 2.75) is 0 Å². The van der Waals surface area contributed by atoms with Crippen LogP contribution in [-0.4, -0.2) is 13.0 Å². The Balaban J connectivity index is 2.32. The average molecular weight is 356 g/mol. The van der Waals surface area contributed by atoms with Crippen LogP contribution in [0.4, 0.5) is 11.4 Å². The van der Waals surface area contributed by atoms with Crippen LogP contribution in [0.1, 0.15) is 10.4 Å². The van der Waals surface area contributed by atoms with Crippen molar-refractivity contribution in [3.8, 4) is 5.75 Å². The second kappa shape index (κ2) is 6.15. The highest BCUT2D eigenvalue weighted by Crippen LogP contribution is 2.29. The molecule has 20 heavy (non-hydrogen) atoms. The van der Waals surface area contributed by atoms with Crippen molar-refractivity contribution in [1.82, 2.24) is 0 Å². The minimum absolute atomic E-state index is 0.301. The van der Waals surface area contributed by atoms with Gasteiger partial charge < -0.3 is 15.8 Å². The Morgan fingerprint density at radius 1 is 1.30 bits per heavy atom. The Bertz CT molecular complexity index is 662. The molecular weight excluding hydrogens is 344 g/mol. The molecule has 2 rings (SSSR count). The topological polar surface area (TPSA) is 64.3 Å². The first kappa shape index (κ1) is 14.7. The van der Waals surface area contributed by atoms with Crippen LogP contribution in [0, 0.1) is 0 Å². The highest BCUT2D eigenvalue weighted by molar-refractivity contribution is 9.10. The van der Waals surface area contributed by atoms with E-state index in [0.29, 0.717) is 32.2 Å². The maximum absolute atomic E-state index is 12.3. The van der Waals surface area contributed by atoms with Gasteiger partial charge in [-0.3, -0.25) is 4.79 Å². The average Bonchev–Trinajstić information content (AvgIpc) is 2.41. The molecule has 2 aromatic rings. The van der Waals surface area contributed by atoms with E-state index in [0.717, 1.165) is 0 Å². The molecule has 6 heteroatoms. The number of hydrogen-bond donors (Lipinski definition) is 2. The smallest absolute Gasteiger partial charge is 0.256 e. The summed E-state index contributed by atoms with van der Waals surface area (Å²) < 4.78 is 5.84. The van der Waals surface area contributed by atoms with Gasteiger partial charge in [-0.2, -0.15) is 0 Å². The predicted octanol–water partition coefficient (Wildman–Crippen LogP) is 3.95. The van der Waals surface area contributed by atoms with Crippen LogP contribution in [0.3, 0.4) is 0 Å². The van der Waals surface area contributed by atoms with Crippen LogP contribution < -0.4 is 15.8 Å². The van der Waals surface area contributed by atoms with Crippen LogP contribution in [0.2, 0.25) is 5.02 Å². The second-order valence-electron chi connectivity index (χ2n) is 4.04. The van der Waals surface area contributed by atoms with Gasteiger partial charge in [-0.05, 0) is 52.3 Å². The van der Waals surface area contributed by atoms with E-state index in [1.165, 1.54) is 7.11 Å². The van der Waals surface area contributed by atoms with Crippen LogP contribution in [0.5, 0.6) is 5.75 Å². The van der Waals surface area contributed by atoms with Gasteiger partial charge in [0.05, 0.1) is 18.4 Å². The minimum atomic E-state index is -0.301. The molecule has 3 N–H and O–H groups in total. The van der Waals surface area contributed by atoms with E-state index >= 15 is 0 Å². The fraction of sp³-hybridized carbons (Fsp3) is 0.0714. The number of nitrogens with two attached hydrogens (primary N) is 1. The SMILES string of the molecule is COc1ccc(Cl)cc1NC(=O)c1cc(N)ccc1Br. The van der Waals surface area contributed by atoms with Gasteiger partial charge in [0.1, 0.15) is 5.75 Å². The first-order valence-electron chi connectivity index (χ1n) is 5.71. The molecule has 0 unspecified atom stereocenters. The predicted molar refractivity (Wildman–Crippen MR) is 84.5 cm³/mol. The number of anilines is 2. The standard InChI is InChI=1S/C14H12BrClN2O2/c1-20-13-5-2-8(16)6-12(13)18-14(19)10-7-9(17)3-4-11(10)15/h2-7H,17H2,1H3,(H,18,19). The molecule has 4 nitrogen and oxygen atoms in total. The van der Waals surface area contributed by atoms with Gasteiger partial charge in [0.25, 0.3) is 5.91 Å². The molecule has 0 saturated carbocycles. The Morgan fingerprint density at radius 2 is 2.05 bits per heavy atom. The lowest BCUT2D eigenvalue weighted by Gasteiger charge is -2.11. The number of nitrogens with one attached hydrogen (secondary N) is 1.